The molecule has 2 saturated carbocycles. The number of carbonyl (C=O) groups is 2. The zero-order valence-corrected chi connectivity index (χ0v) is 12.0. The number of aliphatic carboxylic acids is 1. The molecule has 2 fully saturated rings. The highest BCUT2D eigenvalue weighted by atomic mass is 16.5. The van der Waals surface area contributed by atoms with Gasteiger partial charge in [-0.3, -0.25) is 4.79 Å². The Balaban J connectivity index is 1.90. The molecule has 2 aliphatic carbocycles. The maximum Gasteiger partial charge on any atom is 0.315 e. The summed E-state index contributed by atoms with van der Waals surface area (Å²) in [6.07, 6.45) is 6.41. The third-order valence-electron chi connectivity index (χ3n) is 4.50. The van der Waals surface area contributed by atoms with E-state index in [1.165, 1.54) is 0 Å². The summed E-state index contributed by atoms with van der Waals surface area (Å²) in [4.78, 5) is 23.1. The molecule has 2 atom stereocenters. The number of nitrogens with one attached hydrogen (secondary N) is 2. The molecule has 0 aromatic rings. The molecular weight excluding hydrogens is 260 g/mol. The first-order valence-electron chi connectivity index (χ1n) is 7.38. The van der Waals surface area contributed by atoms with Crippen molar-refractivity contribution in [3.8, 4) is 0 Å². The molecule has 6 heteroatoms. The van der Waals surface area contributed by atoms with Gasteiger partial charge in [-0.15, -0.1) is 0 Å². The summed E-state index contributed by atoms with van der Waals surface area (Å²) in [5.41, 5.74) is -0.572. The Hall–Kier alpha value is -1.30. The number of carboxylic acids is 1. The lowest BCUT2D eigenvalue weighted by molar-refractivity contribution is -0.138. The van der Waals surface area contributed by atoms with Crippen LogP contribution >= 0.6 is 0 Å². The van der Waals surface area contributed by atoms with Crippen LogP contribution in [0.3, 0.4) is 0 Å². The minimum absolute atomic E-state index is 0.00120. The third kappa shape index (κ3) is 3.62. The Morgan fingerprint density at radius 1 is 1.25 bits per heavy atom. The molecule has 2 amide bonds. The van der Waals surface area contributed by atoms with Gasteiger partial charge in [0, 0.05) is 7.11 Å². The van der Waals surface area contributed by atoms with Gasteiger partial charge in [-0.1, -0.05) is 12.8 Å². The van der Waals surface area contributed by atoms with Crippen LogP contribution < -0.4 is 10.6 Å². The average Bonchev–Trinajstić information content (AvgIpc) is 2.97. The normalized spacial score (nSPS) is 28.2. The van der Waals surface area contributed by atoms with Gasteiger partial charge in [0.2, 0.25) is 0 Å². The number of amides is 2. The molecule has 2 aliphatic rings. The maximum atomic E-state index is 12.1. The van der Waals surface area contributed by atoms with Gasteiger partial charge in [0.05, 0.1) is 24.1 Å². The van der Waals surface area contributed by atoms with Crippen LogP contribution in [0, 0.1) is 0 Å². The smallest absolute Gasteiger partial charge is 0.315 e. The molecule has 0 heterocycles. The SMILES string of the molecule is COC1CCCC1NC(=O)NC1(CC(=O)O)CCCC1. The third-order valence-corrected chi connectivity index (χ3v) is 4.50. The molecule has 0 aromatic carbocycles. The first kappa shape index (κ1) is 15.1. The molecule has 0 aliphatic heterocycles. The van der Waals surface area contributed by atoms with Crippen molar-refractivity contribution in [3.05, 3.63) is 0 Å². The van der Waals surface area contributed by atoms with E-state index in [1.807, 2.05) is 0 Å². The lowest BCUT2D eigenvalue weighted by Gasteiger charge is -2.30. The molecule has 0 bridgehead atoms. The molecule has 114 valence electrons. The van der Waals surface area contributed by atoms with E-state index >= 15 is 0 Å². The van der Waals surface area contributed by atoms with E-state index in [-0.39, 0.29) is 24.6 Å². The summed E-state index contributed by atoms with van der Waals surface area (Å²) in [6, 6.07) is -0.231. The highest BCUT2D eigenvalue weighted by Gasteiger charge is 2.38. The molecule has 0 radical (unpaired) electrons. The van der Waals surface area contributed by atoms with E-state index < -0.39 is 11.5 Å². The molecule has 2 rings (SSSR count). The van der Waals surface area contributed by atoms with Crippen LogP contribution in [0.5, 0.6) is 0 Å². The summed E-state index contributed by atoms with van der Waals surface area (Å²) >= 11 is 0. The number of methoxy groups -OCH3 is 1. The zero-order chi connectivity index (χ0) is 14.6. The Kier molecular flexibility index (Phi) is 4.86. The molecule has 6 nitrogen and oxygen atoms in total. The minimum atomic E-state index is -0.858. The maximum absolute atomic E-state index is 12.1. The number of hydrogen-bond acceptors (Lipinski definition) is 3. The number of hydrogen-bond donors (Lipinski definition) is 3. The second-order valence-electron chi connectivity index (χ2n) is 5.97. The second kappa shape index (κ2) is 6.43. The predicted molar refractivity (Wildman–Crippen MR) is 73.6 cm³/mol. The van der Waals surface area contributed by atoms with Gasteiger partial charge in [0.1, 0.15) is 0 Å². The molecule has 0 aromatic heterocycles. The minimum Gasteiger partial charge on any atom is -0.481 e. The quantitative estimate of drug-likeness (QED) is 0.716. The number of urea groups is 1. The van der Waals surface area contributed by atoms with E-state index in [9.17, 15) is 9.59 Å². The highest BCUT2D eigenvalue weighted by Crippen LogP contribution is 2.32. The molecular formula is C14H24N2O4. The van der Waals surface area contributed by atoms with Crippen LogP contribution in [0.15, 0.2) is 0 Å². The number of carbonyl (C=O) groups excluding carboxylic acids is 1. The Morgan fingerprint density at radius 3 is 2.55 bits per heavy atom. The zero-order valence-electron chi connectivity index (χ0n) is 12.0. The summed E-state index contributed by atoms with van der Waals surface area (Å²) in [6.45, 7) is 0. The van der Waals surface area contributed by atoms with E-state index in [0.717, 1.165) is 44.9 Å². The van der Waals surface area contributed by atoms with Crippen LogP contribution in [0.25, 0.3) is 0 Å². The van der Waals surface area contributed by atoms with Gasteiger partial charge >= 0.3 is 12.0 Å². The standard InChI is InChI=1S/C14H24N2O4/c1-20-11-6-4-5-10(11)15-13(19)16-14(9-12(17)18)7-2-3-8-14/h10-11H,2-9H2,1H3,(H,17,18)(H2,15,16,19). The van der Waals surface area contributed by atoms with Gasteiger partial charge in [0.15, 0.2) is 0 Å². The Labute approximate surface area is 119 Å². The lowest BCUT2D eigenvalue weighted by atomic mass is 9.93. The predicted octanol–water partition coefficient (Wildman–Crippen LogP) is 1.64. The number of carboxylic acid groups (broad SMARTS) is 1. The molecule has 0 saturated heterocycles. The fourth-order valence-electron chi connectivity index (χ4n) is 3.51. The Morgan fingerprint density at radius 2 is 1.95 bits per heavy atom. The molecule has 0 spiro atoms. The van der Waals surface area contributed by atoms with E-state index in [4.69, 9.17) is 9.84 Å². The van der Waals surface area contributed by atoms with Crippen molar-refractivity contribution >= 4 is 12.0 Å². The van der Waals surface area contributed by atoms with Gasteiger partial charge in [0.25, 0.3) is 0 Å². The number of ether oxygens (including phenoxy) is 1. The largest absolute Gasteiger partial charge is 0.481 e. The van der Waals surface area contributed by atoms with Crippen molar-refractivity contribution < 1.29 is 19.4 Å². The topological polar surface area (TPSA) is 87.7 Å². The first-order valence-corrected chi connectivity index (χ1v) is 7.38. The van der Waals surface area contributed by atoms with Crippen LogP contribution in [-0.4, -0.2) is 41.9 Å². The molecule has 20 heavy (non-hydrogen) atoms. The molecule has 2 unspecified atom stereocenters. The van der Waals surface area contributed by atoms with E-state index in [1.54, 1.807) is 7.11 Å². The first-order chi connectivity index (χ1) is 9.54. The summed E-state index contributed by atoms with van der Waals surface area (Å²) in [5, 5.41) is 14.9. The molecule has 3 N–H and O–H groups in total. The lowest BCUT2D eigenvalue weighted by Crippen LogP contribution is -2.54. The highest BCUT2D eigenvalue weighted by molar-refractivity contribution is 5.77. The van der Waals surface area contributed by atoms with Crippen molar-refractivity contribution in [1.29, 1.82) is 0 Å². The van der Waals surface area contributed by atoms with Gasteiger partial charge in [-0.2, -0.15) is 0 Å². The second-order valence-corrected chi connectivity index (χ2v) is 5.97. The van der Waals surface area contributed by atoms with Crippen molar-refractivity contribution in [1.82, 2.24) is 10.6 Å². The van der Waals surface area contributed by atoms with Crippen molar-refractivity contribution in [2.24, 2.45) is 0 Å². The van der Waals surface area contributed by atoms with Crippen molar-refractivity contribution in [2.45, 2.75) is 69.1 Å². The van der Waals surface area contributed by atoms with Crippen LogP contribution in [-0.2, 0) is 9.53 Å². The summed E-state index contributed by atoms with van der Waals surface area (Å²) < 4.78 is 5.35. The van der Waals surface area contributed by atoms with Crippen molar-refractivity contribution in [3.63, 3.8) is 0 Å². The van der Waals surface area contributed by atoms with Crippen LogP contribution in [0.1, 0.15) is 51.4 Å². The van der Waals surface area contributed by atoms with Gasteiger partial charge < -0.3 is 20.5 Å². The summed E-state index contributed by atoms with van der Waals surface area (Å²) in [5.74, 6) is -0.858. The van der Waals surface area contributed by atoms with Crippen LogP contribution in [0.4, 0.5) is 4.79 Å². The van der Waals surface area contributed by atoms with Crippen LogP contribution in [0.2, 0.25) is 0 Å². The summed E-state index contributed by atoms with van der Waals surface area (Å²) in [7, 11) is 1.66. The van der Waals surface area contributed by atoms with Gasteiger partial charge in [-0.05, 0) is 32.1 Å². The monoisotopic (exact) mass is 284 g/mol. The fraction of sp³-hybridized carbons (Fsp3) is 0.857. The van der Waals surface area contributed by atoms with Crippen molar-refractivity contribution in [2.75, 3.05) is 7.11 Å². The fourth-order valence-corrected chi connectivity index (χ4v) is 3.51. The van der Waals surface area contributed by atoms with E-state index in [2.05, 4.69) is 10.6 Å². The van der Waals surface area contributed by atoms with E-state index in [0.29, 0.717) is 0 Å². The number of rotatable bonds is 5. The average molecular weight is 284 g/mol. The van der Waals surface area contributed by atoms with Gasteiger partial charge in [-0.25, -0.2) is 4.79 Å². The Bertz CT molecular complexity index is 366.